The summed E-state index contributed by atoms with van der Waals surface area (Å²) in [6, 6.07) is 1.74. The molecule has 0 aliphatic heterocycles. The molecule has 0 radical (unpaired) electrons. The van der Waals surface area contributed by atoms with E-state index in [-0.39, 0.29) is 5.56 Å². The lowest BCUT2D eigenvalue weighted by atomic mass is 10.2. The summed E-state index contributed by atoms with van der Waals surface area (Å²) in [6.45, 7) is 7.27. The number of hydrogen-bond acceptors (Lipinski definition) is 3. The van der Waals surface area contributed by atoms with Gasteiger partial charge in [-0.15, -0.1) is 0 Å². The standard InChI is InChI=1S/C11H14N2O2/c1-7-5-10(6-12-11(7)14)8(2)13-9(3)15-4/h5-6H,2H2,1,3-4H3,(H,12,14). The van der Waals surface area contributed by atoms with Gasteiger partial charge in [0.1, 0.15) is 0 Å². The van der Waals surface area contributed by atoms with Crippen molar-refractivity contribution in [2.75, 3.05) is 7.11 Å². The fourth-order valence-electron chi connectivity index (χ4n) is 1.06. The molecule has 4 nitrogen and oxygen atoms in total. The van der Waals surface area contributed by atoms with Gasteiger partial charge in [-0.1, -0.05) is 6.58 Å². The molecule has 80 valence electrons. The average molecular weight is 206 g/mol. The van der Waals surface area contributed by atoms with Crippen molar-refractivity contribution in [3.05, 3.63) is 40.3 Å². The van der Waals surface area contributed by atoms with E-state index in [2.05, 4.69) is 16.6 Å². The van der Waals surface area contributed by atoms with Gasteiger partial charge in [0.05, 0.1) is 12.8 Å². The van der Waals surface area contributed by atoms with Crippen LogP contribution in [0.4, 0.5) is 0 Å². The summed E-state index contributed by atoms with van der Waals surface area (Å²) >= 11 is 0. The van der Waals surface area contributed by atoms with Crippen LogP contribution in [-0.2, 0) is 4.74 Å². The van der Waals surface area contributed by atoms with Crippen LogP contribution in [0.3, 0.4) is 0 Å². The number of nitrogens with one attached hydrogen (secondary N) is 1. The zero-order valence-electron chi connectivity index (χ0n) is 9.13. The number of H-pyrrole nitrogens is 1. The third-order valence-corrected chi connectivity index (χ3v) is 2.01. The second-order valence-electron chi connectivity index (χ2n) is 3.18. The first-order valence-corrected chi connectivity index (χ1v) is 4.52. The van der Waals surface area contributed by atoms with Crippen molar-refractivity contribution in [1.29, 1.82) is 0 Å². The third-order valence-electron chi connectivity index (χ3n) is 2.01. The highest BCUT2D eigenvalue weighted by Gasteiger charge is 2.00. The van der Waals surface area contributed by atoms with Crippen LogP contribution in [0.25, 0.3) is 5.70 Å². The monoisotopic (exact) mass is 206 g/mol. The summed E-state index contributed by atoms with van der Waals surface area (Å²) in [5.74, 6) is 0.531. The summed E-state index contributed by atoms with van der Waals surface area (Å²) in [5.41, 5.74) is 1.88. The van der Waals surface area contributed by atoms with Gasteiger partial charge >= 0.3 is 0 Å². The molecule has 0 aliphatic rings. The number of pyridine rings is 1. The zero-order chi connectivity index (χ0) is 11.4. The summed E-state index contributed by atoms with van der Waals surface area (Å²) in [4.78, 5) is 17.9. The van der Waals surface area contributed by atoms with Gasteiger partial charge in [0.15, 0.2) is 5.90 Å². The van der Waals surface area contributed by atoms with Gasteiger partial charge in [-0.05, 0) is 13.0 Å². The largest absolute Gasteiger partial charge is 0.484 e. The lowest BCUT2D eigenvalue weighted by molar-refractivity contribution is 0.400. The molecule has 1 N–H and O–H groups in total. The molecule has 0 aliphatic carbocycles. The number of aryl methyl sites for hydroxylation is 1. The van der Waals surface area contributed by atoms with Crippen molar-refractivity contribution in [2.24, 2.45) is 4.99 Å². The molecule has 1 aromatic heterocycles. The fraction of sp³-hybridized carbons (Fsp3) is 0.273. The SMILES string of the molecule is C=C(N=C(C)OC)c1c[nH]c(=O)c(C)c1. The van der Waals surface area contributed by atoms with E-state index in [4.69, 9.17) is 4.74 Å². The number of nitrogens with zero attached hydrogens (tertiary/aromatic N) is 1. The molecular weight excluding hydrogens is 192 g/mol. The first-order valence-electron chi connectivity index (χ1n) is 4.52. The number of ether oxygens (including phenoxy) is 1. The van der Waals surface area contributed by atoms with Crippen molar-refractivity contribution < 1.29 is 4.74 Å². The number of aliphatic imine (C=N–C) groups is 1. The van der Waals surface area contributed by atoms with Crippen LogP contribution < -0.4 is 5.56 Å². The number of aromatic amines is 1. The lowest BCUT2D eigenvalue weighted by Crippen LogP contribution is -2.08. The molecule has 1 heterocycles. The quantitative estimate of drug-likeness (QED) is 0.591. The average Bonchev–Trinajstić information content (AvgIpc) is 2.21. The maximum absolute atomic E-state index is 11.1. The van der Waals surface area contributed by atoms with E-state index < -0.39 is 0 Å². The van der Waals surface area contributed by atoms with E-state index in [9.17, 15) is 4.79 Å². The highest BCUT2D eigenvalue weighted by Crippen LogP contribution is 2.12. The molecule has 0 saturated heterocycles. The molecular formula is C11H14N2O2. The van der Waals surface area contributed by atoms with E-state index in [1.165, 1.54) is 0 Å². The van der Waals surface area contributed by atoms with Crippen LogP contribution in [0.15, 0.2) is 28.6 Å². The Labute approximate surface area is 88.3 Å². The molecule has 0 bridgehead atoms. The van der Waals surface area contributed by atoms with Crippen LogP contribution >= 0.6 is 0 Å². The number of methoxy groups -OCH3 is 1. The van der Waals surface area contributed by atoms with Crippen LogP contribution in [0, 0.1) is 6.92 Å². The lowest BCUT2D eigenvalue weighted by Gasteiger charge is -2.02. The summed E-state index contributed by atoms with van der Waals surface area (Å²) in [6.07, 6.45) is 1.59. The normalized spacial score (nSPS) is 11.3. The molecule has 1 rings (SSSR count). The van der Waals surface area contributed by atoms with E-state index >= 15 is 0 Å². The Balaban J connectivity index is 3.03. The van der Waals surface area contributed by atoms with Crippen molar-refractivity contribution in [3.8, 4) is 0 Å². The minimum absolute atomic E-state index is 0.0982. The summed E-state index contributed by atoms with van der Waals surface area (Å²) in [7, 11) is 1.55. The summed E-state index contributed by atoms with van der Waals surface area (Å²) in [5, 5.41) is 0. The second kappa shape index (κ2) is 4.59. The maximum atomic E-state index is 11.1. The van der Waals surface area contributed by atoms with Gasteiger partial charge in [0.2, 0.25) is 0 Å². The molecule has 0 spiro atoms. The molecule has 4 heteroatoms. The second-order valence-corrected chi connectivity index (χ2v) is 3.18. The van der Waals surface area contributed by atoms with Gasteiger partial charge in [0, 0.05) is 24.2 Å². The number of rotatable bonds is 2. The third kappa shape index (κ3) is 2.80. The van der Waals surface area contributed by atoms with Crippen molar-refractivity contribution in [1.82, 2.24) is 4.98 Å². The van der Waals surface area contributed by atoms with Crippen LogP contribution in [0.2, 0.25) is 0 Å². The number of hydrogen-bond donors (Lipinski definition) is 1. The Morgan fingerprint density at radius 1 is 1.60 bits per heavy atom. The predicted octanol–water partition coefficient (Wildman–Crippen LogP) is 1.72. The Kier molecular flexibility index (Phi) is 3.44. The highest BCUT2D eigenvalue weighted by atomic mass is 16.5. The van der Waals surface area contributed by atoms with Gasteiger partial charge < -0.3 is 9.72 Å². The molecule has 0 atom stereocenters. The highest BCUT2D eigenvalue weighted by molar-refractivity contribution is 5.81. The Morgan fingerprint density at radius 3 is 2.80 bits per heavy atom. The molecule has 0 unspecified atom stereocenters. The Bertz CT molecular complexity index is 458. The Morgan fingerprint density at radius 2 is 2.27 bits per heavy atom. The zero-order valence-corrected chi connectivity index (χ0v) is 9.13. The minimum atomic E-state index is -0.0982. The molecule has 0 fully saturated rings. The van der Waals surface area contributed by atoms with Gasteiger partial charge in [-0.3, -0.25) is 4.79 Å². The van der Waals surface area contributed by atoms with Crippen LogP contribution in [0.1, 0.15) is 18.1 Å². The smallest absolute Gasteiger partial charge is 0.250 e. The van der Waals surface area contributed by atoms with E-state index in [1.54, 1.807) is 33.2 Å². The summed E-state index contributed by atoms with van der Waals surface area (Å²) < 4.78 is 4.91. The van der Waals surface area contributed by atoms with Crippen molar-refractivity contribution >= 4 is 11.6 Å². The maximum Gasteiger partial charge on any atom is 0.250 e. The van der Waals surface area contributed by atoms with Crippen LogP contribution in [-0.4, -0.2) is 18.0 Å². The topological polar surface area (TPSA) is 54.4 Å². The van der Waals surface area contributed by atoms with Crippen molar-refractivity contribution in [2.45, 2.75) is 13.8 Å². The fourth-order valence-corrected chi connectivity index (χ4v) is 1.06. The van der Waals surface area contributed by atoms with E-state index in [1.807, 2.05) is 0 Å². The first-order chi connectivity index (χ1) is 7.04. The molecule has 0 amide bonds. The van der Waals surface area contributed by atoms with Crippen molar-refractivity contribution in [3.63, 3.8) is 0 Å². The van der Waals surface area contributed by atoms with Gasteiger partial charge in [-0.25, -0.2) is 4.99 Å². The first kappa shape index (κ1) is 11.2. The van der Waals surface area contributed by atoms with Gasteiger partial charge in [-0.2, -0.15) is 0 Å². The van der Waals surface area contributed by atoms with E-state index in [0.717, 1.165) is 5.56 Å². The molecule has 15 heavy (non-hydrogen) atoms. The Hall–Kier alpha value is -1.84. The molecule has 0 saturated carbocycles. The van der Waals surface area contributed by atoms with E-state index in [0.29, 0.717) is 17.2 Å². The molecule has 0 aromatic carbocycles. The van der Waals surface area contributed by atoms with Gasteiger partial charge in [0.25, 0.3) is 5.56 Å². The molecule has 1 aromatic rings. The minimum Gasteiger partial charge on any atom is -0.484 e. The number of aromatic nitrogens is 1. The van der Waals surface area contributed by atoms with Crippen LogP contribution in [0.5, 0.6) is 0 Å². The predicted molar refractivity (Wildman–Crippen MR) is 61.0 cm³/mol.